The monoisotopic (exact) mass is 451 g/mol. The number of hydrogen-bond donors (Lipinski definition) is 1. The topological polar surface area (TPSA) is 54.3 Å². The predicted octanol–water partition coefficient (Wildman–Crippen LogP) is 5.44. The van der Waals surface area contributed by atoms with Gasteiger partial charge in [0.15, 0.2) is 0 Å². The van der Waals surface area contributed by atoms with Crippen LogP contribution < -0.4 is 10.9 Å². The normalized spacial score (nSPS) is 14.3. The number of piperidine rings is 1. The van der Waals surface area contributed by atoms with Gasteiger partial charge in [0.1, 0.15) is 0 Å². The molecule has 0 aliphatic carbocycles. The molecule has 1 aliphatic rings. The van der Waals surface area contributed by atoms with E-state index in [0.29, 0.717) is 11.3 Å². The Morgan fingerprint density at radius 3 is 2.44 bits per heavy atom. The van der Waals surface area contributed by atoms with E-state index >= 15 is 0 Å². The van der Waals surface area contributed by atoms with Gasteiger partial charge in [-0.15, -0.1) is 0 Å². The van der Waals surface area contributed by atoms with E-state index in [-0.39, 0.29) is 11.5 Å². The summed E-state index contributed by atoms with van der Waals surface area (Å²) in [7, 11) is 1.74. The van der Waals surface area contributed by atoms with E-state index in [9.17, 15) is 9.59 Å². The van der Waals surface area contributed by atoms with Gasteiger partial charge in [-0.3, -0.25) is 14.5 Å². The molecule has 0 atom stereocenters. The fraction of sp³-hybridized carbons (Fsp3) is 0.241. The second-order valence-corrected chi connectivity index (χ2v) is 9.03. The lowest BCUT2D eigenvalue weighted by atomic mass is 9.96. The third-order valence-electron chi connectivity index (χ3n) is 6.68. The lowest BCUT2D eigenvalue weighted by Crippen LogP contribution is -2.29. The van der Waals surface area contributed by atoms with Gasteiger partial charge >= 0.3 is 0 Å². The van der Waals surface area contributed by atoms with Crippen LogP contribution in [0.15, 0.2) is 83.7 Å². The molecule has 1 amide bonds. The van der Waals surface area contributed by atoms with Crippen LogP contribution in [0.4, 0.5) is 5.69 Å². The molecule has 5 nitrogen and oxygen atoms in total. The molecular weight excluding hydrogens is 422 g/mol. The van der Waals surface area contributed by atoms with Crippen LogP contribution in [-0.4, -0.2) is 28.5 Å². The van der Waals surface area contributed by atoms with Gasteiger partial charge in [-0.2, -0.15) is 0 Å². The fourth-order valence-corrected chi connectivity index (χ4v) is 4.77. The quantitative estimate of drug-likeness (QED) is 0.439. The second kappa shape index (κ2) is 9.65. The highest BCUT2D eigenvalue weighted by Gasteiger charge is 2.16. The maximum absolute atomic E-state index is 13.2. The summed E-state index contributed by atoms with van der Waals surface area (Å²) in [5.74, 6) is -0.153. The number of rotatable bonds is 5. The zero-order valence-electron chi connectivity index (χ0n) is 19.5. The van der Waals surface area contributed by atoms with Crippen molar-refractivity contribution in [3.8, 4) is 11.1 Å². The molecular formula is C29H29N3O2. The number of amides is 1. The molecule has 5 heteroatoms. The Bertz CT molecular complexity index is 1390. The number of anilines is 1. The summed E-state index contributed by atoms with van der Waals surface area (Å²) >= 11 is 0. The Morgan fingerprint density at radius 2 is 1.65 bits per heavy atom. The Balaban J connectivity index is 1.45. The number of aryl methyl sites for hydroxylation is 1. The highest BCUT2D eigenvalue weighted by atomic mass is 16.1. The molecule has 1 aromatic heterocycles. The molecule has 0 bridgehead atoms. The van der Waals surface area contributed by atoms with Crippen molar-refractivity contribution in [2.45, 2.75) is 25.8 Å². The van der Waals surface area contributed by atoms with Crippen LogP contribution in [0.2, 0.25) is 0 Å². The number of benzene rings is 3. The van der Waals surface area contributed by atoms with Crippen LogP contribution in [0.25, 0.3) is 22.0 Å². The molecule has 172 valence electrons. The van der Waals surface area contributed by atoms with Crippen molar-refractivity contribution in [3.05, 3.63) is 100 Å². The Hall–Kier alpha value is -3.70. The number of hydrogen-bond acceptors (Lipinski definition) is 3. The molecule has 0 saturated carbocycles. The van der Waals surface area contributed by atoms with Crippen molar-refractivity contribution in [1.29, 1.82) is 0 Å². The van der Waals surface area contributed by atoms with Crippen molar-refractivity contribution >= 4 is 22.5 Å². The van der Waals surface area contributed by atoms with E-state index in [1.165, 1.54) is 30.4 Å². The lowest BCUT2D eigenvalue weighted by Gasteiger charge is -2.27. The minimum atomic E-state index is -0.153. The van der Waals surface area contributed by atoms with Gasteiger partial charge in [0.05, 0.1) is 5.52 Å². The summed E-state index contributed by atoms with van der Waals surface area (Å²) in [6, 6.07) is 25.4. The van der Waals surface area contributed by atoms with Crippen LogP contribution in [0.3, 0.4) is 0 Å². The molecule has 34 heavy (non-hydrogen) atoms. The van der Waals surface area contributed by atoms with Crippen LogP contribution in [0.5, 0.6) is 0 Å². The largest absolute Gasteiger partial charge is 0.322 e. The van der Waals surface area contributed by atoms with Crippen molar-refractivity contribution in [2.24, 2.45) is 7.05 Å². The number of carbonyl (C=O) groups excluding carboxylic acids is 1. The third kappa shape index (κ3) is 4.66. The SMILES string of the molecule is Cn1c(=O)ccc2ccc(NC(=O)c3ccc(-c4ccccc4)c(CN4CCCCC4)c3)cc21. The number of likely N-dealkylation sites (tertiary alicyclic amines) is 1. The first-order valence-corrected chi connectivity index (χ1v) is 11.9. The van der Waals surface area contributed by atoms with Crippen LogP contribution >= 0.6 is 0 Å². The number of aromatic nitrogens is 1. The zero-order chi connectivity index (χ0) is 23.5. The number of carbonyl (C=O) groups is 1. The molecule has 1 saturated heterocycles. The number of nitrogens with one attached hydrogen (secondary N) is 1. The summed E-state index contributed by atoms with van der Waals surface area (Å²) in [5.41, 5.74) is 5.52. The molecule has 0 unspecified atom stereocenters. The average molecular weight is 452 g/mol. The Kier molecular flexibility index (Phi) is 6.28. The summed E-state index contributed by atoms with van der Waals surface area (Å²) in [6.45, 7) is 3.03. The highest BCUT2D eigenvalue weighted by Crippen LogP contribution is 2.27. The van der Waals surface area contributed by atoms with Crippen LogP contribution in [-0.2, 0) is 13.6 Å². The summed E-state index contributed by atoms with van der Waals surface area (Å²) in [6.07, 6.45) is 3.75. The van der Waals surface area contributed by atoms with Crippen molar-refractivity contribution in [3.63, 3.8) is 0 Å². The predicted molar refractivity (Wildman–Crippen MR) is 138 cm³/mol. The number of fused-ring (bicyclic) bond motifs is 1. The van der Waals surface area contributed by atoms with Crippen molar-refractivity contribution < 1.29 is 4.79 Å². The minimum Gasteiger partial charge on any atom is -0.322 e. The van der Waals surface area contributed by atoms with Gasteiger partial charge in [0.25, 0.3) is 11.5 Å². The first kappa shape index (κ1) is 22.1. The van der Waals surface area contributed by atoms with Crippen LogP contribution in [0.1, 0.15) is 35.2 Å². The van der Waals surface area contributed by atoms with Gasteiger partial charge in [-0.05, 0) is 78.3 Å². The molecule has 1 fully saturated rings. The Morgan fingerprint density at radius 1 is 0.882 bits per heavy atom. The molecule has 4 aromatic rings. The standard InChI is InChI=1S/C29H29N3O2/c1-31-27-19-25(13-10-22(27)12-15-28(31)33)30-29(34)23-11-14-26(21-8-4-2-5-9-21)24(18-23)20-32-16-6-3-7-17-32/h2,4-5,8-15,18-19H,3,6-7,16-17,20H2,1H3,(H,30,34). The molecule has 1 aliphatic heterocycles. The number of pyridine rings is 1. The average Bonchev–Trinajstić information content (AvgIpc) is 2.87. The van der Waals surface area contributed by atoms with E-state index in [4.69, 9.17) is 0 Å². The molecule has 3 aromatic carbocycles. The summed E-state index contributed by atoms with van der Waals surface area (Å²) in [4.78, 5) is 27.7. The first-order valence-electron chi connectivity index (χ1n) is 11.9. The Labute approximate surface area is 199 Å². The van der Waals surface area contributed by atoms with E-state index in [1.807, 2.05) is 48.5 Å². The third-order valence-corrected chi connectivity index (χ3v) is 6.68. The van der Waals surface area contributed by atoms with Gasteiger partial charge in [0, 0.05) is 30.9 Å². The van der Waals surface area contributed by atoms with Gasteiger partial charge in [0.2, 0.25) is 0 Å². The lowest BCUT2D eigenvalue weighted by molar-refractivity contribution is 0.102. The molecule has 0 radical (unpaired) electrons. The minimum absolute atomic E-state index is 0.0742. The zero-order valence-corrected chi connectivity index (χ0v) is 19.5. The number of nitrogens with zero attached hydrogens (tertiary/aromatic N) is 2. The van der Waals surface area contributed by atoms with E-state index in [2.05, 4.69) is 28.4 Å². The molecule has 5 rings (SSSR count). The molecule has 2 heterocycles. The van der Waals surface area contributed by atoms with Gasteiger partial charge in [-0.1, -0.05) is 48.9 Å². The van der Waals surface area contributed by atoms with Gasteiger partial charge in [-0.25, -0.2) is 0 Å². The molecule has 0 spiro atoms. The second-order valence-electron chi connectivity index (χ2n) is 9.03. The molecule has 1 N–H and O–H groups in total. The smallest absolute Gasteiger partial charge is 0.255 e. The van der Waals surface area contributed by atoms with Gasteiger partial charge < -0.3 is 9.88 Å². The van der Waals surface area contributed by atoms with Crippen molar-refractivity contribution in [2.75, 3.05) is 18.4 Å². The van der Waals surface area contributed by atoms with E-state index < -0.39 is 0 Å². The maximum Gasteiger partial charge on any atom is 0.255 e. The maximum atomic E-state index is 13.2. The van der Waals surface area contributed by atoms with Crippen LogP contribution in [0, 0.1) is 0 Å². The summed E-state index contributed by atoms with van der Waals surface area (Å²) < 4.78 is 1.59. The van der Waals surface area contributed by atoms with E-state index in [1.54, 1.807) is 23.7 Å². The van der Waals surface area contributed by atoms with Crippen molar-refractivity contribution in [1.82, 2.24) is 9.47 Å². The first-order chi connectivity index (χ1) is 16.6. The summed E-state index contributed by atoms with van der Waals surface area (Å²) in [5, 5.41) is 3.97. The van der Waals surface area contributed by atoms with E-state index in [0.717, 1.165) is 36.1 Å². The fourth-order valence-electron chi connectivity index (χ4n) is 4.77. The highest BCUT2D eigenvalue weighted by molar-refractivity contribution is 6.05.